The van der Waals surface area contributed by atoms with Crippen LogP contribution in [-0.4, -0.2) is 43.1 Å². The van der Waals surface area contributed by atoms with Gasteiger partial charge in [-0.1, -0.05) is 19.9 Å². The van der Waals surface area contributed by atoms with E-state index in [2.05, 4.69) is 26.0 Å². The van der Waals surface area contributed by atoms with Crippen LogP contribution in [0.15, 0.2) is 12.1 Å². The first kappa shape index (κ1) is 16.3. The number of pyridine rings is 1. The number of hydrogen-bond donors (Lipinski definition) is 0. The van der Waals surface area contributed by atoms with E-state index in [0.717, 1.165) is 30.0 Å². The fourth-order valence-electron chi connectivity index (χ4n) is 2.68. The van der Waals surface area contributed by atoms with Crippen molar-refractivity contribution in [2.75, 3.05) is 26.8 Å². The molecule has 2 heterocycles. The van der Waals surface area contributed by atoms with Crippen molar-refractivity contribution in [1.82, 2.24) is 9.88 Å². The van der Waals surface area contributed by atoms with Crippen molar-refractivity contribution in [3.8, 4) is 0 Å². The van der Waals surface area contributed by atoms with E-state index >= 15 is 0 Å². The van der Waals surface area contributed by atoms with E-state index in [-0.39, 0.29) is 6.54 Å². The number of aromatic nitrogens is 1. The van der Waals surface area contributed by atoms with Gasteiger partial charge in [0.2, 0.25) is 0 Å². The average molecular weight is 298 g/mol. The van der Waals surface area contributed by atoms with Crippen molar-refractivity contribution in [1.29, 1.82) is 0 Å². The molecule has 1 saturated heterocycles. The molecule has 0 bridgehead atoms. The quantitative estimate of drug-likeness (QED) is 0.805. The molecule has 0 radical (unpaired) electrons. The normalized spacial score (nSPS) is 19.1. The summed E-state index contributed by atoms with van der Waals surface area (Å²) in [5, 5.41) is 0. The summed E-state index contributed by atoms with van der Waals surface area (Å²) in [4.78, 5) is 6.36. The highest BCUT2D eigenvalue weighted by Crippen LogP contribution is 2.29. The van der Waals surface area contributed by atoms with Gasteiger partial charge in [-0.25, -0.2) is 8.78 Å². The van der Waals surface area contributed by atoms with Crippen LogP contribution in [0.4, 0.5) is 8.78 Å². The number of ether oxygens (including phenoxy) is 1. The Hall–Kier alpha value is -1.07. The SMILES string of the molecule is CC(C)c1ccc([C@@H]2CCOC2)c(CN(C)CC(F)F)n1. The molecule has 0 aromatic carbocycles. The summed E-state index contributed by atoms with van der Waals surface area (Å²) in [5.74, 6) is 0.673. The summed E-state index contributed by atoms with van der Waals surface area (Å²) >= 11 is 0. The fraction of sp³-hybridized carbons (Fsp3) is 0.688. The first-order valence-corrected chi connectivity index (χ1v) is 7.51. The number of hydrogen-bond acceptors (Lipinski definition) is 3. The van der Waals surface area contributed by atoms with E-state index in [9.17, 15) is 8.78 Å². The fourth-order valence-corrected chi connectivity index (χ4v) is 2.68. The van der Waals surface area contributed by atoms with Crippen molar-refractivity contribution < 1.29 is 13.5 Å². The summed E-state index contributed by atoms with van der Waals surface area (Å²) < 4.78 is 30.5. The highest BCUT2D eigenvalue weighted by molar-refractivity contribution is 5.28. The maximum absolute atomic E-state index is 12.5. The molecule has 1 aromatic heterocycles. The Balaban J connectivity index is 2.22. The Bertz CT molecular complexity index is 460. The van der Waals surface area contributed by atoms with Gasteiger partial charge in [0.05, 0.1) is 18.8 Å². The van der Waals surface area contributed by atoms with Crippen LogP contribution >= 0.6 is 0 Å². The summed E-state index contributed by atoms with van der Waals surface area (Å²) in [6, 6.07) is 4.15. The smallest absolute Gasteiger partial charge is 0.251 e. The second-order valence-electron chi connectivity index (χ2n) is 6.08. The third kappa shape index (κ3) is 4.45. The number of halogens is 2. The molecule has 1 aromatic rings. The van der Waals surface area contributed by atoms with Crippen LogP contribution in [0.25, 0.3) is 0 Å². The number of rotatable bonds is 6. The topological polar surface area (TPSA) is 25.4 Å². The van der Waals surface area contributed by atoms with Crippen LogP contribution in [0.5, 0.6) is 0 Å². The van der Waals surface area contributed by atoms with Gasteiger partial charge < -0.3 is 4.74 Å². The van der Waals surface area contributed by atoms with Gasteiger partial charge in [0.25, 0.3) is 6.43 Å². The Labute approximate surface area is 125 Å². The van der Waals surface area contributed by atoms with Gasteiger partial charge in [0.1, 0.15) is 0 Å². The second kappa shape index (κ2) is 7.27. The maximum Gasteiger partial charge on any atom is 0.251 e. The van der Waals surface area contributed by atoms with Crippen LogP contribution in [0.1, 0.15) is 49.1 Å². The zero-order valence-corrected chi connectivity index (χ0v) is 13.0. The van der Waals surface area contributed by atoms with Gasteiger partial charge in [-0.3, -0.25) is 9.88 Å². The molecule has 21 heavy (non-hydrogen) atoms. The summed E-state index contributed by atoms with van der Waals surface area (Å²) in [7, 11) is 1.71. The van der Waals surface area contributed by atoms with E-state index < -0.39 is 6.43 Å². The molecule has 1 aliphatic rings. The Kier molecular flexibility index (Phi) is 5.65. The standard InChI is InChI=1S/C16H24F2N2O/c1-11(2)14-5-4-13(12-6-7-21-10-12)15(19-14)8-20(3)9-16(17)18/h4-5,11-12,16H,6-10H2,1-3H3/t12-/m1/s1. The molecule has 5 heteroatoms. The van der Waals surface area contributed by atoms with Crippen molar-refractivity contribution in [3.63, 3.8) is 0 Å². The summed E-state index contributed by atoms with van der Waals surface area (Å²) in [6.07, 6.45) is -1.34. The summed E-state index contributed by atoms with van der Waals surface area (Å²) in [6.45, 7) is 5.88. The largest absolute Gasteiger partial charge is 0.381 e. The minimum absolute atomic E-state index is 0.228. The zero-order chi connectivity index (χ0) is 15.4. The van der Waals surface area contributed by atoms with Crippen molar-refractivity contribution in [2.24, 2.45) is 0 Å². The summed E-state index contributed by atoms with van der Waals surface area (Å²) in [5.41, 5.74) is 3.08. The Morgan fingerprint density at radius 1 is 1.38 bits per heavy atom. The van der Waals surface area contributed by atoms with Crippen LogP contribution in [0, 0.1) is 0 Å². The third-order valence-corrected chi connectivity index (χ3v) is 3.86. The molecule has 1 fully saturated rings. The highest BCUT2D eigenvalue weighted by atomic mass is 19.3. The molecular formula is C16H24F2N2O. The van der Waals surface area contributed by atoms with Crippen LogP contribution in [0.3, 0.4) is 0 Å². The number of nitrogens with zero attached hydrogens (tertiary/aromatic N) is 2. The Morgan fingerprint density at radius 2 is 2.14 bits per heavy atom. The van der Waals surface area contributed by atoms with Gasteiger partial charge in [0.15, 0.2) is 0 Å². The third-order valence-electron chi connectivity index (χ3n) is 3.86. The van der Waals surface area contributed by atoms with Gasteiger partial charge in [-0.05, 0) is 31.0 Å². The van der Waals surface area contributed by atoms with Crippen LogP contribution < -0.4 is 0 Å². The second-order valence-corrected chi connectivity index (χ2v) is 6.08. The monoisotopic (exact) mass is 298 g/mol. The van der Waals surface area contributed by atoms with Crippen molar-refractivity contribution in [3.05, 3.63) is 29.1 Å². The first-order chi connectivity index (χ1) is 9.97. The molecule has 2 rings (SSSR count). The molecular weight excluding hydrogens is 274 g/mol. The predicted molar refractivity (Wildman–Crippen MR) is 78.8 cm³/mol. The molecule has 0 saturated carbocycles. The maximum atomic E-state index is 12.5. The van der Waals surface area contributed by atoms with Crippen LogP contribution in [0.2, 0.25) is 0 Å². The molecule has 118 valence electrons. The molecule has 3 nitrogen and oxygen atoms in total. The molecule has 0 amide bonds. The lowest BCUT2D eigenvalue weighted by molar-refractivity contribution is 0.0968. The predicted octanol–water partition coefficient (Wildman–Crippen LogP) is 3.41. The van der Waals surface area contributed by atoms with E-state index in [4.69, 9.17) is 9.72 Å². The average Bonchev–Trinajstić information content (AvgIpc) is 2.91. The zero-order valence-electron chi connectivity index (χ0n) is 13.0. The van der Waals surface area contributed by atoms with Crippen molar-refractivity contribution >= 4 is 0 Å². The molecule has 0 spiro atoms. The van der Waals surface area contributed by atoms with E-state index in [0.29, 0.717) is 25.0 Å². The molecule has 0 unspecified atom stereocenters. The van der Waals surface area contributed by atoms with Crippen molar-refractivity contribution in [2.45, 2.75) is 45.1 Å². The molecule has 1 aliphatic heterocycles. The molecule has 0 N–H and O–H groups in total. The van der Waals surface area contributed by atoms with E-state index in [1.165, 1.54) is 0 Å². The van der Waals surface area contributed by atoms with Crippen LogP contribution in [-0.2, 0) is 11.3 Å². The minimum Gasteiger partial charge on any atom is -0.381 e. The lowest BCUT2D eigenvalue weighted by Gasteiger charge is -2.21. The molecule has 0 aliphatic carbocycles. The number of alkyl halides is 2. The van der Waals surface area contributed by atoms with Gasteiger partial charge in [-0.15, -0.1) is 0 Å². The van der Waals surface area contributed by atoms with Gasteiger partial charge in [-0.2, -0.15) is 0 Å². The first-order valence-electron chi connectivity index (χ1n) is 7.51. The van der Waals surface area contributed by atoms with E-state index in [1.807, 2.05) is 0 Å². The minimum atomic E-state index is -2.32. The lowest BCUT2D eigenvalue weighted by Crippen LogP contribution is -2.26. The highest BCUT2D eigenvalue weighted by Gasteiger charge is 2.23. The van der Waals surface area contributed by atoms with Gasteiger partial charge in [0, 0.05) is 24.8 Å². The molecule has 1 atom stereocenters. The van der Waals surface area contributed by atoms with E-state index in [1.54, 1.807) is 11.9 Å². The Morgan fingerprint density at radius 3 is 2.71 bits per heavy atom. The lowest BCUT2D eigenvalue weighted by atomic mass is 9.95. The van der Waals surface area contributed by atoms with Gasteiger partial charge >= 0.3 is 0 Å².